The number of barbiturate groups is 1. The highest BCUT2D eigenvalue weighted by atomic mass is 16.5. The summed E-state index contributed by atoms with van der Waals surface area (Å²) in [7, 11) is 0. The van der Waals surface area contributed by atoms with E-state index in [-0.39, 0.29) is 5.57 Å². The number of rotatable bonds is 7. The summed E-state index contributed by atoms with van der Waals surface area (Å²) in [4.78, 5) is 39.1. The third-order valence-corrected chi connectivity index (χ3v) is 5.91. The molecular formula is C29H28N2O5. The number of nitrogens with zero attached hydrogens (tertiary/aromatic N) is 1. The van der Waals surface area contributed by atoms with Crippen molar-refractivity contribution in [1.82, 2.24) is 5.32 Å². The molecule has 1 aliphatic rings. The molecule has 0 bridgehead atoms. The van der Waals surface area contributed by atoms with Gasteiger partial charge in [0.1, 0.15) is 12.2 Å². The van der Waals surface area contributed by atoms with Gasteiger partial charge in [-0.15, -0.1) is 0 Å². The Hall–Kier alpha value is -4.39. The van der Waals surface area contributed by atoms with E-state index in [2.05, 4.69) is 31.3 Å². The molecule has 7 heteroatoms. The summed E-state index contributed by atoms with van der Waals surface area (Å²) in [6, 6.07) is 17.5. The summed E-state index contributed by atoms with van der Waals surface area (Å²) < 4.78 is 11.8. The van der Waals surface area contributed by atoms with Crippen LogP contribution in [0, 0.1) is 20.8 Å². The predicted octanol–water partition coefficient (Wildman–Crippen LogP) is 5.26. The lowest BCUT2D eigenvalue weighted by Gasteiger charge is -2.26. The van der Waals surface area contributed by atoms with E-state index in [1.807, 2.05) is 26.0 Å². The van der Waals surface area contributed by atoms with Gasteiger partial charge in [-0.2, -0.15) is 0 Å². The van der Waals surface area contributed by atoms with Gasteiger partial charge in [0.15, 0.2) is 11.5 Å². The first-order valence-corrected chi connectivity index (χ1v) is 11.7. The van der Waals surface area contributed by atoms with Crippen LogP contribution in [0.4, 0.5) is 10.5 Å². The van der Waals surface area contributed by atoms with Crippen molar-refractivity contribution in [3.8, 4) is 11.5 Å². The van der Waals surface area contributed by atoms with Crippen LogP contribution in [0.3, 0.4) is 0 Å². The van der Waals surface area contributed by atoms with Gasteiger partial charge in [-0.25, -0.2) is 9.69 Å². The maximum atomic E-state index is 13.2. The topological polar surface area (TPSA) is 84.9 Å². The number of urea groups is 1. The number of hydrogen-bond donors (Lipinski definition) is 1. The predicted molar refractivity (Wildman–Crippen MR) is 138 cm³/mol. The minimum Gasteiger partial charge on any atom is -0.490 e. The highest BCUT2D eigenvalue weighted by molar-refractivity contribution is 6.39. The molecule has 1 N–H and O–H groups in total. The van der Waals surface area contributed by atoms with Gasteiger partial charge in [0.2, 0.25) is 0 Å². The summed E-state index contributed by atoms with van der Waals surface area (Å²) in [6.45, 7) is 8.63. The normalized spacial score (nSPS) is 14.7. The largest absolute Gasteiger partial charge is 0.490 e. The lowest BCUT2D eigenvalue weighted by atomic mass is 10.1. The molecule has 7 nitrogen and oxygen atoms in total. The van der Waals surface area contributed by atoms with Crippen molar-refractivity contribution in [2.75, 3.05) is 11.5 Å². The third kappa shape index (κ3) is 5.30. The number of carbonyl (C=O) groups excluding carboxylic acids is 3. The highest BCUT2D eigenvalue weighted by Gasteiger charge is 2.36. The summed E-state index contributed by atoms with van der Waals surface area (Å²) in [5.41, 5.74) is 5.13. The van der Waals surface area contributed by atoms with Gasteiger partial charge in [0.05, 0.1) is 12.3 Å². The number of imide groups is 2. The Balaban J connectivity index is 1.61. The Morgan fingerprint density at radius 1 is 0.861 bits per heavy atom. The summed E-state index contributed by atoms with van der Waals surface area (Å²) in [5, 5.41) is 2.25. The lowest BCUT2D eigenvalue weighted by molar-refractivity contribution is -0.122. The van der Waals surface area contributed by atoms with Crippen LogP contribution in [-0.2, 0) is 16.2 Å². The van der Waals surface area contributed by atoms with Crippen LogP contribution in [-0.4, -0.2) is 24.5 Å². The maximum Gasteiger partial charge on any atom is 0.335 e. The molecule has 4 rings (SSSR count). The molecule has 3 aromatic rings. The standard InChI is InChI=1S/C29H28N2O5/c1-5-35-26-16-21(11-12-25(26)36-17-22-10-9-19(3)20(4)14-22)15-24-27(32)30-29(34)31(28(24)33)23-8-6-7-18(2)13-23/h6-16H,5,17H2,1-4H3,(H,30,32,34)/b24-15+. The maximum absolute atomic E-state index is 13.2. The zero-order chi connectivity index (χ0) is 25.8. The van der Waals surface area contributed by atoms with Crippen LogP contribution in [0.5, 0.6) is 11.5 Å². The average Bonchev–Trinajstić information content (AvgIpc) is 2.83. The molecule has 36 heavy (non-hydrogen) atoms. The van der Waals surface area contributed by atoms with E-state index in [0.717, 1.165) is 16.0 Å². The van der Waals surface area contributed by atoms with Gasteiger partial charge in [-0.05, 0) is 85.9 Å². The minimum absolute atomic E-state index is 0.151. The van der Waals surface area contributed by atoms with E-state index in [1.54, 1.807) is 36.4 Å². The number of hydrogen-bond acceptors (Lipinski definition) is 5. The smallest absolute Gasteiger partial charge is 0.335 e. The molecule has 1 aliphatic heterocycles. The van der Waals surface area contributed by atoms with E-state index in [0.29, 0.717) is 36.0 Å². The fourth-order valence-corrected chi connectivity index (χ4v) is 3.88. The third-order valence-electron chi connectivity index (χ3n) is 5.91. The summed E-state index contributed by atoms with van der Waals surface area (Å²) >= 11 is 0. The number of nitrogens with one attached hydrogen (secondary N) is 1. The van der Waals surface area contributed by atoms with Crippen LogP contribution in [0.1, 0.15) is 34.7 Å². The van der Waals surface area contributed by atoms with Crippen molar-refractivity contribution in [2.24, 2.45) is 0 Å². The molecule has 1 saturated heterocycles. The number of carbonyl (C=O) groups is 3. The van der Waals surface area contributed by atoms with Crippen LogP contribution >= 0.6 is 0 Å². The fourth-order valence-electron chi connectivity index (χ4n) is 3.88. The number of amides is 4. The van der Waals surface area contributed by atoms with E-state index in [1.165, 1.54) is 17.2 Å². The van der Waals surface area contributed by atoms with Crippen molar-refractivity contribution in [2.45, 2.75) is 34.3 Å². The van der Waals surface area contributed by atoms with Crippen LogP contribution in [0.25, 0.3) is 6.08 Å². The highest BCUT2D eigenvalue weighted by Crippen LogP contribution is 2.31. The zero-order valence-corrected chi connectivity index (χ0v) is 20.8. The Labute approximate surface area is 210 Å². The summed E-state index contributed by atoms with van der Waals surface area (Å²) in [6.07, 6.45) is 1.45. The van der Waals surface area contributed by atoms with E-state index in [4.69, 9.17) is 9.47 Å². The van der Waals surface area contributed by atoms with Gasteiger partial charge in [-0.3, -0.25) is 14.9 Å². The molecule has 0 aromatic heterocycles. The lowest BCUT2D eigenvalue weighted by Crippen LogP contribution is -2.54. The van der Waals surface area contributed by atoms with Crippen LogP contribution in [0.2, 0.25) is 0 Å². The second-order valence-electron chi connectivity index (χ2n) is 8.64. The Bertz CT molecular complexity index is 1380. The number of benzene rings is 3. The summed E-state index contributed by atoms with van der Waals surface area (Å²) in [5.74, 6) is -0.400. The van der Waals surface area contributed by atoms with Crippen molar-refractivity contribution in [3.05, 3.63) is 94.1 Å². The van der Waals surface area contributed by atoms with Gasteiger partial charge >= 0.3 is 6.03 Å². The molecule has 3 aromatic carbocycles. The van der Waals surface area contributed by atoms with Gasteiger partial charge in [0, 0.05) is 0 Å². The van der Waals surface area contributed by atoms with E-state index >= 15 is 0 Å². The van der Waals surface area contributed by atoms with Gasteiger partial charge in [0.25, 0.3) is 11.8 Å². The average molecular weight is 485 g/mol. The first kappa shape index (κ1) is 24.7. The zero-order valence-electron chi connectivity index (χ0n) is 20.8. The van der Waals surface area contributed by atoms with E-state index in [9.17, 15) is 14.4 Å². The SMILES string of the molecule is CCOc1cc(/C=C2\C(=O)NC(=O)N(c3cccc(C)c3)C2=O)ccc1OCc1ccc(C)c(C)c1. The number of ether oxygens (including phenoxy) is 2. The number of aryl methyl sites for hydroxylation is 3. The van der Waals surface area contributed by atoms with Crippen LogP contribution < -0.4 is 19.7 Å². The van der Waals surface area contributed by atoms with Gasteiger partial charge < -0.3 is 9.47 Å². The van der Waals surface area contributed by atoms with E-state index < -0.39 is 17.8 Å². The quantitative estimate of drug-likeness (QED) is 0.365. The van der Waals surface area contributed by atoms with Crippen molar-refractivity contribution < 1.29 is 23.9 Å². The second-order valence-corrected chi connectivity index (χ2v) is 8.64. The molecule has 0 aliphatic carbocycles. The second kappa shape index (κ2) is 10.5. The van der Waals surface area contributed by atoms with Crippen molar-refractivity contribution in [3.63, 3.8) is 0 Å². The Morgan fingerprint density at radius 2 is 1.67 bits per heavy atom. The molecule has 0 atom stereocenters. The molecule has 184 valence electrons. The molecule has 0 radical (unpaired) electrons. The van der Waals surface area contributed by atoms with Crippen LogP contribution in [0.15, 0.2) is 66.2 Å². The first-order chi connectivity index (χ1) is 17.3. The minimum atomic E-state index is -0.780. The fraction of sp³-hybridized carbons (Fsp3) is 0.207. The van der Waals surface area contributed by atoms with Crippen molar-refractivity contribution in [1.29, 1.82) is 0 Å². The molecule has 4 amide bonds. The molecular weight excluding hydrogens is 456 g/mol. The molecule has 0 unspecified atom stereocenters. The Kier molecular flexibility index (Phi) is 7.20. The molecule has 1 fully saturated rings. The van der Waals surface area contributed by atoms with Crippen molar-refractivity contribution >= 4 is 29.6 Å². The first-order valence-electron chi connectivity index (χ1n) is 11.7. The molecule has 0 spiro atoms. The van der Waals surface area contributed by atoms with Gasteiger partial charge in [-0.1, -0.05) is 36.4 Å². The monoisotopic (exact) mass is 484 g/mol. The number of anilines is 1. The molecule has 1 heterocycles. The molecule has 0 saturated carbocycles. The Morgan fingerprint density at radius 3 is 2.39 bits per heavy atom.